The standard InChI is InChI=1S/C57H35N5/c1-2-19-38(20-3-1)55-58-56(45-29-16-22-36-17-4-7-23-40(36)45)60-57(59-55)47-28-12-15-32-50(47)61-49-31-14-11-27-46(49)52-51(61)35-39-21-6-9-25-42(39)54(52)62-48-30-13-10-26-43(48)44-34-33-37-18-5-8-24-41(37)53(44)62/h1-35H. The Bertz CT molecular complexity index is 3930. The molecule has 3 aromatic heterocycles. The first-order chi connectivity index (χ1) is 30.8. The molecule has 0 atom stereocenters. The lowest BCUT2D eigenvalue weighted by atomic mass is 10.0. The number of benzene rings is 10. The van der Waals surface area contributed by atoms with E-state index in [4.69, 9.17) is 15.0 Å². The molecule has 0 aliphatic carbocycles. The maximum absolute atomic E-state index is 5.35. The van der Waals surface area contributed by atoms with E-state index in [1.54, 1.807) is 0 Å². The van der Waals surface area contributed by atoms with Gasteiger partial charge in [-0.05, 0) is 51.9 Å². The van der Waals surface area contributed by atoms with E-state index in [2.05, 4.69) is 203 Å². The molecule has 0 unspecified atom stereocenters. The molecular formula is C57H35N5. The van der Waals surface area contributed by atoms with E-state index >= 15 is 0 Å². The SMILES string of the molecule is c1ccc(-c2nc(-c3ccccc3-n3c4ccccc4c4c(-n5c6ccccc6c6ccc7ccccc7c65)c5ccccc5cc43)nc(-c3cccc4ccccc34)n2)cc1. The summed E-state index contributed by atoms with van der Waals surface area (Å²) in [5.41, 5.74) is 9.55. The molecule has 13 aromatic rings. The van der Waals surface area contributed by atoms with Gasteiger partial charge in [-0.25, -0.2) is 15.0 Å². The number of aromatic nitrogens is 5. The van der Waals surface area contributed by atoms with E-state index in [-0.39, 0.29) is 0 Å². The number of rotatable bonds is 5. The van der Waals surface area contributed by atoms with Crippen LogP contribution in [-0.2, 0) is 0 Å². The third-order valence-electron chi connectivity index (χ3n) is 12.5. The van der Waals surface area contributed by atoms with E-state index in [0.717, 1.165) is 55.3 Å². The third-order valence-corrected chi connectivity index (χ3v) is 12.5. The van der Waals surface area contributed by atoms with Gasteiger partial charge in [-0.1, -0.05) is 182 Å². The van der Waals surface area contributed by atoms with Crippen LogP contribution in [0.2, 0.25) is 0 Å². The second-order valence-corrected chi connectivity index (χ2v) is 15.9. The van der Waals surface area contributed by atoms with Crippen LogP contribution in [0.15, 0.2) is 212 Å². The molecule has 62 heavy (non-hydrogen) atoms. The molecule has 0 saturated heterocycles. The summed E-state index contributed by atoms with van der Waals surface area (Å²) in [6, 6.07) is 75.7. The maximum Gasteiger partial charge on any atom is 0.166 e. The van der Waals surface area contributed by atoms with E-state index < -0.39 is 0 Å². The topological polar surface area (TPSA) is 48.5 Å². The molecule has 5 nitrogen and oxygen atoms in total. The summed E-state index contributed by atoms with van der Waals surface area (Å²) in [7, 11) is 0. The Morgan fingerprint density at radius 2 is 0.855 bits per heavy atom. The first-order valence-corrected chi connectivity index (χ1v) is 21.0. The van der Waals surface area contributed by atoms with E-state index in [1.807, 2.05) is 18.2 Å². The fourth-order valence-electron chi connectivity index (χ4n) is 9.83. The molecule has 0 fully saturated rings. The number of hydrogen-bond acceptors (Lipinski definition) is 3. The zero-order valence-electron chi connectivity index (χ0n) is 33.4. The summed E-state index contributed by atoms with van der Waals surface area (Å²) in [6.07, 6.45) is 0. The van der Waals surface area contributed by atoms with Crippen LogP contribution in [-0.4, -0.2) is 24.1 Å². The summed E-state index contributed by atoms with van der Waals surface area (Å²) in [4.78, 5) is 15.8. The zero-order valence-corrected chi connectivity index (χ0v) is 33.4. The highest BCUT2D eigenvalue weighted by atomic mass is 15.1. The summed E-state index contributed by atoms with van der Waals surface area (Å²) >= 11 is 0. The highest BCUT2D eigenvalue weighted by molar-refractivity contribution is 6.24. The average Bonchev–Trinajstić information content (AvgIpc) is 3.86. The summed E-state index contributed by atoms with van der Waals surface area (Å²) in [5.74, 6) is 1.87. The molecule has 0 bridgehead atoms. The second-order valence-electron chi connectivity index (χ2n) is 15.9. The van der Waals surface area contributed by atoms with Crippen LogP contribution in [0, 0.1) is 0 Å². The molecule has 3 heterocycles. The largest absolute Gasteiger partial charge is 0.308 e. The lowest BCUT2D eigenvalue weighted by molar-refractivity contribution is 1.07. The molecule has 0 radical (unpaired) electrons. The number of para-hydroxylation sites is 3. The van der Waals surface area contributed by atoms with Crippen molar-refractivity contribution < 1.29 is 0 Å². The number of nitrogens with zero attached hydrogens (tertiary/aromatic N) is 5. The van der Waals surface area contributed by atoms with Gasteiger partial charge in [-0.3, -0.25) is 0 Å². The summed E-state index contributed by atoms with van der Waals surface area (Å²) in [5, 5.41) is 11.8. The average molecular weight is 790 g/mol. The Labute approximate surface area is 356 Å². The lowest BCUT2D eigenvalue weighted by Gasteiger charge is -2.17. The molecule has 5 heteroatoms. The predicted octanol–water partition coefficient (Wildman–Crippen LogP) is 14.5. The molecular weight excluding hydrogens is 755 g/mol. The van der Waals surface area contributed by atoms with Crippen molar-refractivity contribution >= 4 is 75.9 Å². The molecule has 0 spiro atoms. The third kappa shape index (κ3) is 5.12. The molecule has 0 N–H and O–H groups in total. The Morgan fingerprint density at radius 3 is 1.66 bits per heavy atom. The molecule has 10 aromatic carbocycles. The second kappa shape index (κ2) is 13.6. The van der Waals surface area contributed by atoms with Gasteiger partial charge in [0.2, 0.25) is 0 Å². The van der Waals surface area contributed by atoms with Crippen molar-refractivity contribution in [3.63, 3.8) is 0 Å². The number of hydrogen-bond donors (Lipinski definition) is 0. The minimum atomic E-state index is 0.609. The first kappa shape index (κ1) is 34.5. The molecule has 0 saturated carbocycles. The van der Waals surface area contributed by atoms with Gasteiger partial charge in [-0.15, -0.1) is 0 Å². The quantitative estimate of drug-likeness (QED) is 0.174. The normalized spacial score (nSPS) is 11.9. The fourth-order valence-corrected chi connectivity index (χ4v) is 9.83. The molecule has 13 rings (SSSR count). The van der Waals surface area contributed by atoms with Crippen molar-refractivity contribution in [1.29, 1.82) is 0 Å². The molecule has 0 aliphatic heterocycles. The minimum absolute atomic E-state index is 0.609. The van der Waals surface area contributed by atoms with Gasteiger partial charge < -0.3 is 9.13 Å². The van der Waals surface area contributed by atoms with Crippen molar-refractivity contribution in [2.75, 3.05) is 0 Å². The highest BCUT2D eigenvalue weighted by Crippen LogP contribution is 2.45. The van der Waals surface area contributed by atoms with Gasteiger partial charge in [0.25, 0.3) is 0 Å². The van der Waals surface area contributed by atoms with Crippen molar-refractivity contribution in [3.8, 4) is 45.5 Å². The van der Waals surface area contributed by atoms with Crippen molar-refractivity contribution in [2.45, 2.75) is 0 Å². The van der Waals surface area contributed by atoms with Crippen LogP contribution in [0.1, 0.15) is 0 Å². The number of fused-ring (bicyclic) bond motifs is 10. The van der Waals surface area contributed by atoms with Gasteiger partial charge in [-0.2, -0.15) is 0 Å². The Hall–Kier alpha value is -8.41. The summed E-state index contributed by atoms with van der Waals surface area (Å²) < 4.78 is 4.96. The van der Waals surface area contributed by atoms with E-state index in [0.29, 0.717) is 17.5 Å². The van der Waals surface area contributed by atoms with Crippen molar-refractivity contribution in [1.82, 2.24) is 24.1 Å². The summed E-state index contributed by atoms with van der Waals surface area (Å²) in [6.45, 7) is 0. The van der Waals surface area contributed by atoms with Crippen molar-refractivity contribution in [3.05, 3.63) is 212 Å². The van der Waals surface area contributed by atoms with Crippen LogP contribution in [0.25, 0.3) is 121 Å². The Kier molecular flexibility index (Phi) is 7.54. The smallest absolute Gasteiger partial charge is 0.166 e. The van der Waals surface area contributed by atoms with Crippen LogP contribution in [0.4, 0.5) is 0 Å². The van der Waals surface area contributed by atoms with Crippen LogP contribution in [0.5, 0.6) is 0 Å². The highest BCUT2D eigenvalue weighted by Gasteiger charge is 2.25. The van der Waals surface area contributed by atoms with Crippen LogP contribution < -0.4 is 0 Å². The van der Waals surface area contributed by atoms with Gasteiger partial charge in [0, 0.05) is 49.0 Å². The minimum Gasteiger partial charge on any atom is -0.308 e. The van der Waals surface area contributed by atoms with E-state index in [1.165, 1.54) is 48.7 Å². The first-order valence-electron chi connectivity index (χ1n) is 21.0. The van der Waals surface area contributed by atoms with Gasteiger partial charge in [0.15, 0.2) is 17.5 Å². The van der Waals surface area contributed by atoms with Crippen LogP contribution >= 0.6 is 0 Å². The van der Waals surface area contributed by atoms with Gasteiger partial charge in [0.05, 0.1) is 33.4 Å². The van der Waals surface area contributed by atoms with Gasteiger partial charge >= 0.3 is 0 Å². The zero-order chi connectivity index (χ0) is 40.7. The Balaban J connectivity index is 1.15. The van der Waals surface area contributed by atoms with E-state index in [9.17, 15) is 0 Å². The maximum atomic E-state index is 5.35. The van der Waals surface area contributed by atoms with Crippen LogP contribution in [0.3, 0.4) is 0 Å². The van der Waals surface area contributed by atoms with Crippen molar-refractivity contribution in [2.24, 2.45) is 0 Å². The molecule has 0 aliphatic rings. The lowest BCUT2D eigenvalue weighted by Crippen LogP contribution is -2.04. The molecule has 288 valence electrons. The van der Waals surface area contributed by atoms with Gasteiger partial charge in [0.1, 0.15) is 0 Å². The monoisotopic (exact) mass is 789 g/mol. The molecule has 0 amide bonds. The fraction of sp³-hybridized carbons (Fsp3) is 0. The predicted molar refractivity (Wildman–Crippen MR) is 257 cm³/mol. The Morgan fingerprint density at radius 1 is 0.306 bits per heavy atom.